The van der Waals surface area contributed by atoms with Gasteiger partial charge in [0.15, 0.2) is 0 Å². The predicted octanol–water partition coefficient (Wildman–Crippen LogP) is 3.02. The molecule has 0 spiro atoms. The molecule has 0 radical (unpaired) electrons. The molecule has 0 saturated heterocycles. The van der Waals surface area contributed by atoms with E-state index in [9.17, 15) is 0 Å². The van der Waals surface area contributed by atoms with E-state index in [0.717, 1.165) is 24.7 Å². The van der Waals surface area contributed by atoms with E-state index in [4.69, 9.17) is 4.74 Å². The highest BCUT2D eigenvalue weighted by molar-refractivity contribution is 5.39. The molecule has 0 bridgehead atoms. The van der Waals surface area contributed by atoms with E-state index in [2.05, 4.69) is 34.7 Å². The zero-order valence-corrected chi connectivity index (χ0v) is 11.9. The van der Waals surface area contributed by atoms with Crippen molar-refractivity contribution in [2.24, 2.45) is 0 Å². The Morgan fingerprint density at radius 1 is 1.30 bits per heavy atom. The van der Waals surface area contributed by atoms with Crippen molar-refractivity contribution in [1.29, 1.82) is 0 Å². The zero-order valence-electron chi connectivity index (χ0n) is 11.9. The molecule has 4 nitrogen and oxygen atoms in total. The van der Waals surface area contributed by atoms with Crippen LogP contribution in [0, 0.1) is 0 Å². The summed E-state index contributed by atoms with van der Waals surface area (Å²) in [4.78, 5) is 0. The van der Waals surface area contributed by atoms with Crippen molar-refractivity contribution >= 4 is 5.69 Å². The largest absolute Gasteiger partial charge is 0.383 e. The minimum atomic E-state index is 0.684. The summed E-state index contributed by atoms with van der Waals surface area (Å²) >= 11 is 0. The number of nitrogens with one attached hydrogen (secondary N) is 1. The lowest BCUT2D eigenvalue weighted by atomic mass is 10.1. The molecule has 3 rings (SSSR count). The smallest absolute Gasteiger partial charge is 0.0729 e. The van der Waals surface area contributed by atoms with Crippen molar-refractivity contribution in [3.63, 3.8) is 0 Å². The van der Waals surface area contributed by atoms with Gasteiger partial charge in [0.25, 0.3) is 0 Å². The third-order valence-electron chi connectivity index (χ3n) is 3.68. The van der Waals surface area contributed by atoms with Crippen LogP contribution in [0.3, 0.4) is 0 Å². The van der Waals surface area contributed by atoms with Gasteiger partial charge in [0.1, 0.15) is 0 Å². The molecule has 0 atom stereocenters. The van der Waals surface area contributed by atoms with Gasteiger partial charge in [-0.2, -0.15) is 5.10 Å². The van der Waals surface area contributed by atoms with E-state index < -0.39 is 0 Å². The Hall–Kier alpha value is -1.81. The molecule has 2 aromatic rings. The first-order chi connectivity index (χ1) is 9.85. The fourth-order valence-electron chi connectivity index (χ4n) is 2.29. The highest BCUT2D eigenvalue weighted by atomic mass is 16.5. The van der Waals surface area contributed by atoms with Crippen molar-refractivity contribution in [3.8, 4) is 0 Å². The second-order valence-electron chi connectivity index (χ2n) is 5.35. The monoisotopic (exact) mass is 271 g/mol. The lowest BCUT2D eigenvalue weighted by molar-refractivity contribution is 0.183. The molecule has 1 aliphatic carbocycles. The number of methoxy groups -OCH3 is 1. The van der Waals surface area contributed by atoms with Crippen molar-refractivity contribution in [1.82, 2.24) is 9.78 Å². The van der Waals surface area contributed by atoms with Crippen LogP contribution in [0.2, 0.25) is 0 Å². The van der Waals surface area contributed by atoms with E-state index in [1.807, 2.05) is 17.1 Å². The molecule has 4 heteroatoms. The van der Waals surface area contributed by atoms with Crippen molar-refractivity contribution < 1.29 is 4.74 Å². The molecule has 0 amide bonds. The Morgan fingerprint density at radius 3 is 2.80 bits per heavy atom. The molecule has 20 heavy (non-hydrogen) atoms. The number of anilines is 1. The van der Waals surface area contributed by atoms with Gasteiger partial charge in [-0.15, -0.1) is 0 Å². The molecule has 1 fully saturated rings. The Kier molecular flexibility index (Phi) is 4.02. The number of rotatable bonds is 7. The first-order valence-electron chi connectivity index (χ1n) is 7.19. The maximum atomic E-state index is 5.04. The van der Waals surface area contributed by atoms with Crippen molar-refractivity contribution in [3.05, 3.63) is 47.8 Å². The van der Waals surface area contributed by atoms with E-state index in [1.54, 1.807) is 7.11 Å². The Labute approximate surface area is 119 Å². The number of hydrogen-bond donors (Lipinski definition) is 1. The molecule has 1 aromatic carbocycles. The molecule has 0 aliphatic heterocycles. The SMILES string of the molecule is COCCn1cc(NCc2ccc(C3CC3)cc2)cn1. The van der Waals surface area contributed by atoms with Gasteiger partial charge in [-0.05, 0) is 29.9 Å². The van der Waals surface area contributed by atoms with Gasteiger partial charge >= 0.3 is 0 Å². The number of hydrogen-bond acceptors (Lipinski definition) is 3. The van der Waals surface area contributed by atoms with Crippen LogP contribution in [0.15, 0.2) is 36.7 Å². The van der Waals surface area contributed by atoms with E-state index in [1.165, 1.54) is 24.0 Å². The second kappa shape index (κ2) is 6.09. The highest BCUT2D eigenvalue weighted by Gasteiger charge is 2.22. The van der Waals surface area contributed by atoms with Crippen LogP contribution in [-0.2, 0) is 17.8 Å². The number of nitrogens with zero attached hydrogens (tertiary/aromatic N) is 2. The maximum Gasteiger partial charge on any atom is 0.0729 e. The molecule has 0 unspecified atom stereocenters. The minimum absolute atomic E-state index is 0.684. The zero-order chi connectivity index (χ0) is 13.8. The standard InChI is InChI=1S/C16H21N3O/c1-20-9-8-19-12-16(11-18-19)17-10-13-2-4-14(5-3-13)15-6-7-15/h2-5,11-12,15,17H,6-10H2,1H3. The predicted molar refractivity (Wildman–Crippen MR) is 79.8 cm³/mol. The van der Waals surface area contributed by atoms with Crippen molar-refractivity contribution in [2.45, 2.75) is 31.8 Å². The Bertz CT molecular complexity index is 543. The third-order valence-corrected chi connectivity index (χ3v) is 3.68. The highest BCUT2D eigenvalue weighted by Crippen LogP contribution is 2.39. The number of benzene rings is 1. The number of aromatic nitrogens is 2. The van der Waals surface area contributed by atoms with Crippen LogP contribution in [0.1, 0.15) is 29.9 Å². The lowest BCUT2D eigenvalue weighted by Gasteiger charge is -2.05. The Morgan fingerprint density at radius 2 is 2.10 bits per heavy atom. The van der Waals surface area contributed by atoms with Crippen molar-refractivity contribution in [2.75, 3.05) is 19.0 Å². The summed E-state index contributed by atoms with van der Waals surface area (Å²) in [5, 5.41) is 7.68. The van der Waals surface area contributed by atoms with E-state index in [-0.39, 0.29) is 0 Å². The second-order valence-corrected chi connectivity index (χ2v) is 5.35. The average molecular weight is 271 g/mol. The molecule has 1 aromatic heterocycles. The van der Waals surface area contributed by atoms with Gasteiger partial charge in [0.05, 0.1) is 25.0 Å². The summed E-state index contributed by atoms with van der Waals surface area (Å²) in [5.41, 5.74) is 3.84. The van der Waals surface area contributed by atoms with Crippen LogP contribution in [0.5, 0.6) is 0 Å². The van der Waals surface area contributed by atoms with Crippen LogP contribution in [0.4, 0.5) is 5.69 Å². The van der Waals surface area contributed by atoms with Gasteiger partial charge in [-0.1, -0.05) is 24.3 Å². The molecular formula is C16H21N3O. The van der Waals surface area contributed by atoms with Gasteiger partial charge in [-0.3, -0.25) is 4.68 Å². The van der Waals surface area contributed by atoms with Gasteiger partial charge < -0.3 is 10.1 Å². The third kappa shape index (κ3) is 3.39. The van der Waals surface area contributed by atoms with Crippen LogP contribution in [0.25, 0.3) is 0 Å². The van der Waals surface area contributed by atoms with E-state index >= 15 is 0 Å². The maximum absolute atomic E-state index is 5.04. The molecule has 106 valence electrons. The van der Waals surface area contributed by atoms with E-state index in [0.29, 0.717) is 6.61 Å². The van der Waals surface area contributed by atoms with Crippen LogP contribution in [-0.4, -0.2) is 23.5 Å². The molecule has 1 heterocycles. The summed E-state index contributed by atoms with van der Waals surface area (Å²) in [6, 6.07) is 8.96. The average Bonchev–Trinajstić information content (AvgIpc) is 3.23. The summed E-state index contributed by atoms with van der Waals surface area (Å²) in [6.07, 6.45) is 6.59. The summed E-state index contributed by atoms with van der Waals surface area (Å²) < 4.78 is 6.93. The molecular weight excluding hydrogens is 250 g/mol. The van der Waals surface area contributed by atoms with Gasteiger partial charge in [0.2, 0.25) is 0 Å². The summed E-state index contributed by atoms with van der Waals surface area (Å²) in [5.74, 6) is 0.830. The number of ether oxygens (including phenoxy) is 1. The summed E-state index contributed by atoms with van der Waals surface area (Å²) in [6.45, 7) is 2.30. The Balaban J connectivity index is 1.51. The normalized spacial score (nSPS) is 14.4. The van der Waals surface area contributed by atoms with Crippen LogP contribution >= 0.6 is 0 Å². The van der Waals surface area contributed by atoms with Crippen LogP contribution < -0.4 is 5.32 Å². The first kappa shape index (κ1) is 13.2. The lowest BCUT2D eigenvalue weighted by Crippen LogP contribution is -2.04. The molecule has 1 aliphatic rings. The molecule has 1 N–H and O–H groups in total. The summed E-state index contributed by atoms with van der Waals surface area (Å²) in [7, 11) is 1.70. The topological polar surface area (TPSA) is 39.1 Å². The van der Waals surface area contributed by atoms with Gasteiger partial charge in [-0.25, -0.2) is 0 Å². The first-order valence-corrected chi connectivity index (χ1v) is 7.19. The van der Waals surface area contributed by atoms with Gasteiger partial charge in [0, 0.05) is 19.9 Å². The minimum Gasteiger partial charge on any atom is -0.383 e. The fraction of sp³-hybridized carbons (Fsp3) is 0.438. The molecule has 1 saturated carbocycles. The quantitative estimate of drug-likeness (QED) is 0.841. The fourth-order valence-corrected chi connectivity index (χ4v) is 2.29.